The number of nitrogens with one attached hydrogen (secondary N) is 1. The van der Waals surface area contributed by atoms with Gasteiger partial charge in [0.1, 0.15) is 11.6 Å². The second kappa shape index (κ2) is 7.67. The first-order valence-electron chi connectivity index (χ1n) is 7.49. The lowest BCUT2D eigenvalue weighted by Gasteiger charge is -2.09. The molecule has 2 aromatic carbocycles. The molecule has 2 N–H and O–H groups in total. The highest BCUT2D eigenvalue weighted by molar-refractivity contribution is 5.46. The maximum absolute atomic E-state index is 13.1. The van der Waals surface area contributed by atoms with Crippen molar-refractivity contribution < 1.29 is 9.50 Å². The zero-order valence-corrected chi connectivity index (χ0v) is 12.4. The van der Waals surface area contributed by atoms with Gasteiger partial charge in [-0.25, -0.2) is 4.39 Å². The van der Waals surface area contributed by atoms with Crippen LogP contribution in [0.1, 0.15) is 37.3 Å². The number of hydrogen-bond donors (Lipinski definition) is 2. The molecule has 0 radical (unpaired) electrons. The van der Waals surface area contributed by atoms with Crippen molar-refractivity contribution in [3.63, 3.8) is 0 Å². The second-order valence-electron chi connectivity index (χ2n) is 5.28. The number of aryl methyl sites for hydroxylation is 1. The van der Waals surface area contributed by atoms with Crippen LogP contribution in [0.5, 0.6) is 5.75 Å². The van der Waals surface area contributed by atoms with E-state index in [0.717, 1.165) is 12.1 Å². The Hall–Kier alpha value is -2.03. The van der Waals surface area contributed by atoms with Crippen LogP contribution in [0.15, 0.2) is 42.5 Å². The highest BCUT2D eigenvalue weighted by Gasteiger charge is 2.03. The molecule has 0 saturated heterocycles. The molecule has 0 amide bonds. The van der Waals surface area contributed by atoms with Crippen molar-refractivity contribution in [1.29, 1.82) is 0 Å². The summed E-state index contributed by atoms with van der Waals surface area (Å²) in [5, 5.41) is 12.9. The van der Waals surface area contributed by atoms with Crippen molar-refractivity contribution in [2.75, 3.05) is 5.32 Å². The predicted molar refractivity (Wildman–Crippen MR) is 85.1 cm³/mol. The van der Waals surface area contributed by atoms with E-state index in [-0.39, 0.29) is 11.6 Å². The van der Waals surface area contributed by atoms with E-state index in [4.69, 9.17) is 0 Å². The molecule has 0 saturated carbocycles. The van der Waals surface area contributed by atoms with Crippen molar-refractivity contribution >= 4 is 5.69 Å². The fourth-order valence-corrected chi connectivity index (χ4v) is 2.26. The Balaban J connectivity index is 1.90. The molecule has 2 rings (SSSR count). The molecular formula is C18H22FNO. The van der Waals surface area contributed by atoms with Gasteiger partial charge < -0.3 is 10.4 Å². The lowest BCUT2D eigenvalue weighted by atomic mass is 10.1. The van der Waals surface area contributed by atoms with Gasteiger partial charge in [-0.1, -0.05) is 31.9 Å². The Morgan fingerprint density at radius 3 is 2.52 bits per heavy atom. The third-order valence-electron chi connectivity index (χ3n) is 3.55. The van der Waals surface area contributed by atoms with Gasteiger partial charge in [0.15, 0.2) is 0 Å². The zero-order valence-electron chi connectivity index (χ0n) is 12.4. The fourth-order valence-electron chi connectivity index (χ4n) is 2.26. The van der Waals surface area contributed by atoms with Gasteiger partial charge in [-0.2, -0.15) is 0 Å². The number of hydrogen-bond acceptors (Lipinski definition) is 2. The van der Waals surface area contributed by atoms with Crippen LogP contribution >= 0.6 is 0 Å². The Morgan fingerprint density at radius 2 is 1.81 bits per heavy atom. The molecular weight excluding hydrogens is 265 g/mol. The smallest absolute Gasteiger partial charge is 0.123 e. The summed E-state index contributed by atoms with van der Waals surface area (Å²) in [4.78, 5) is 0. The van der Waals surface area contributed by atoms with Crippen LogP contribution in [0.4, 0.5) is 10.1 Å². The van der Waals surface area contributed by atoms with Crippen molar-refractivity contribution in [2.24, 2.45) is 0 Å². The lowest BCUT2D eigenvalue weighted by Crippen LogP contribution is -2.00. The van der Waals surface area contributed by atoms with E-state index in [1.807, 2.05) is 12.1 Å². The molecule has 0 aliphatic heterocycles. The van der Waals surface area contributed by atoms with Gasteiger partial charge in [0.2, 0.25) is 0 Å². The summed E-state index contributed by atoms with van der Waals surface area (Å²) in [6.07, 6.45) is 4.83. The molecule has 0 aliphatic rings. The largest absolute Gasteiger partial charge is 0.508 e. The van der Waals surface area contributed by atoms with Crippen LogP contribution in [0, 0.1) is 5.82 Å². The minimum absolute atomic E-state index is 0.111. The molecule has 3 heteroatoms. The van der Waals surface area contributed by atoms with Crippen LogP contribution in [0.25, 0.3) is 0 Å². The quantitative estimate of drug-likeness (QED) is 0.712. The van der Waals surface area contributed by atoms with Gasteiger partial charge in [-0.15, -0.1) is 0 Å². The van der Waals surface area contributed by atoms with Crippen LogP contribution < -0.4 is 5.32 Å². The SMILES string of the molecule is CCCCCc1ccc(NCc2cc(F)ccc2O)cc1. The summed E-state index contributed by atoms with van der Waals surface area (Å²) in [5.74, 6) is -0.226. The average Bonchev–Trinajstić information content (AvgIpc) is 2.50. The summed E-state index contributed by atoms with van der Waals surface area (Å²) in [5.41, 5.74) is 2.86. The maximum Gasteiger partial charge on any atom is 0.123 e. The lowest BCUT2D eigenvalue weighted by molar-refractivity contribution is 0.466. The summed E-state index contributed by atoms with van der Waals surface area (Å²) in [6.45, 7) is 2.60. The molecule has 21 heavy (non-hydrogen) atoms. The van der Waals surface area contributed by atoms with Crippen LogP contribution in [-0.4, -0.2) is 5.11 Å². The summed E-state index contributed by atoms with van der Waals surface area (Å²) in [6, 6.07) is 12.3. The fraction of sp³-hybridized carbons (Fsp3) is 0.333. The molecule has 0 bridgehead atoms. The van der Waals surface area contributed by atoms with E-state index in [2.05, 4.69) is 24.4 Å². The number of rotatable bonds is 7. The molecule has 0 heterocycles. The summed E-state index contributed by atoms with van der Waals surface area (Å²) < 4.78 is 13.1. The Kier molecular flexibility index (Phi) is 5.61. The first-order chi connectivity index (χ1) is 10.2. The summed E-state index contributed by atoms with van der Waals surface area (Å²) >= 11 is 0. The zero-order chi connectivity index (χ0) is 15.1. The number of aromatic hydroxyl groups is 1. The number of anilines is 1. The van der Waals surface area contributed by atoms with Gasteiger partial charge in [0.25, 0.3) is 0 Å². The normalized spacial score (nSPS) is 10.6. The van der Waals surface area contributed by atoms with E-state index in [0.29, 0.717) is 12.1 Å². The molecule has 2 aromatic rings. The van der Waals surface area contributed by atoms with Crippen molar-refractivity contribution in [1.82, 2.24) is 0 Å². The predicted octanol–water partition coefficient (Wildman–Crippen LogP) is 4.88. The number of phenols is 1. The van der Waals surface area contributed by atoms with Crippen molar-refractivity contribution in [3.8, 4) is 5.75 Å². The summed E-state index contributed by atoms with van der Waals surface area (Å²) in [7, 11) is 0. The Labute approximate surface area is 125 Å². The van der Waals surface area contributed by atoms with E-state index < -0.39 is 0 Å². The molecule has 0 unspecified atom stereocenters. The van der Waals surface area contributed by atoms with E-state index in [1.54, 1.807) is 0 Å². The highest BCUT2D eigenvalue weighted by Crippen LogP contribution is 2.20. The average molecular weight is 287 g/mol. The van der Waals surface area contributed by atoms with Crippen molar-refractivity contribution in [3.05, 3.63) is 59.4 Å². The monoisotopic (exact) mass is 287 g/mol. The number of phenolic OH excluding ortho intramolecular Hbond substituents is 1. The first kappa shape index (κ1) is 15.4. The molecule has 2 nitrogen and oxygen atoms in total. The number of benzene rings is 2. The molecule has 0 aliphatic carbocycles. The van der Waals surface area contributed by atoms with Gasteiger partial charge >= 0.3 is 0 Å². The molecule has 112 valence electrons. The van der Waals surface area contributed by atoms with E-state index in [9.17, 15) is 9.50 Å². The van der Waals surface area contributed by atoms with E-state index >= 15 is 0 Å². The van der Waals surface area contributed by atoms with Gasteiger partial charge in [-0.05, 0) is 48.7 Å². The number of unbranched alkanes of at least 4 members (excludes halogenated alkanes) is 2. The number of halogens is 1. The topological polar surface area (TPSA) is 32.3 Å². The van der Waals surface area contributed by atoms with E-state index in [1.165, 1.54) is 43.0 Å². The third-order valence-corrected chi connectivity index (χ3v) is 3.55. The minimum atomic E-state index is -0.337. The van der Waals surface area contributed by atoms with Crippen LogP contribution in [0.2, 0.25) is 0 Å². The van der Waals surface area contributed by atoms with Crippen LogP contribution in [-0.2, 0) is 13.0 Å². The first-order valence-corrected chi connectivity index (χ1v) is 7.49. The standard InChI is InChI=1S/C18H22FNO/c1-2-3-4-5-14-6-9-17(10-7-14)20-13-15-12-16(19)8-11-18(15)21/h6-12,20-21H,2-5,13H2,1H3. The molecule has 0 spiro atoms. The third kappa shape index (κ3) is 4.78. The minimum Gasteiger partial charge on any atom is -0.508 e. The van der Waals surface area contributed by atoms with Crippen LogP contribution in [0.3, 0.4) is 0 Å². The highest BCUT2D eigenvalue weighted by atomic mass is 19.1. The van der Waals surface area contributed by atoms with Crippen molar-refractivity contribution in [2.45, 2.75) is 39.2 Å². The van der Waals surface area contributed by atoms with Gasteiger partial charge in [0.05, 0.1) is 0 Å². The second-order valence-corrected chi connectivity index (χ2v) is 5.28. The Bertz CT molecular complexity index is 566. The van der Waals surface area contributed by atoms with Gasteiger partial charge in [0, 0.05) is 17.8 Å². The van der Waals surface area contributed by atoms with Gasteiger partial charge in [-0.3, -0.25) is 0 Å². The molecule has 0 atom stereocenters. The molecule has 0 aromatic heterocycles. The Morgan fingerprint density at radius 1 is 1.05 bits per heavy atom. The maximum atomic E-state index is 13.1. The molecule has 0 fully saturated rings.